The van der Waals surface area contributed by atoms with Crippen molar-refractivity contribution < 1.29 is 18.0 Å². The number of amides is 1. The number of nitrogens with zero attached hydrogens (tertiary/aromatic N) is 4. The van der Waals surface area contributed by atoms with Crippen LogP contribution >= 0.6 is 11.3 Å². The molecule has 1 aliphatic rings. The Labute approximate surface area is 195 Å². The monoisotopic (exact) mass is 493 g/mol. The second-order valence-electron chi connectivity index (χ2n) is 7.89. The van der Waals surface area contributed by atoms with Crippen molar-refractivity contribution in [3.8, 4) is 0 Å². The summed E-state index contributed by atoms with van der Waals surface area (Å²) in [6.45, 7) is 4.66. The van der Waals surface area contributed by atoms with Crippen molar-refractivity contribution in [2.45, 2.75) is 38.5 Å². The third kappa shape index (κ3) is 4.76. The third-order valence-corrected chi connectivity index (χ3v) is 6.58. The number of nitrogens with one attached hydrogen (secondary N) is 1. The molecule has 1 amide bonds. The van der Waals surface area contributed by atoms with Crippen LogP contribution in [0.2, 0.25) is 0 Å². The SMILES string of the molecule is C=CCn1c(=O)c2sc(N3CCCCC3)nc2n(CC(=O)Nc2ccc(C(F)(F)F)cc2)c1=O. The first-order chi connectivity index (χ1) is 16.2. The first kappa shape index (κ1) is 23.7. The number of alkyl halides is 3. The summed E-state index contributed by atoms with van der Waals surface area (Å²) in [7, 11) is 0. The fourth-order valence-corrected chi connectivity index (χ4v) is 4.88. The highest BCUT2D eigenvalue weighted by atomic mass is 32.1. The molecule has 4 rings (SSSR count). The number of carbonyl (C=O) groups excluding carboxylic acids is 1. The topological polar surface area (TPSA) is 89.2 Å². The molecule has 0 radical (unpaired) electrons. The number of allylic oxidation sites excluding steroid dienone is 1. The van der Waals surface area contributed by atoms with Crippen LogP contribution in [-0.4, -0.2) is 33.1 Å². The Balaban J connectivity index is 1.68. The van der Waals surface area contributed by atoms with Crippen LogP contribution in [-0.2, 0) is 24.1 Å². The molecule has 3 heterocycles. The largest absolute Gasteiger partial charge is 0.416 e. The van der Waals surface area contributed by atoms with E-state index < -0.39 is 35.4 Å². The molecular weight excluding hydrogens is 471 g/mol. The number of hydrogen-bond acceptors (Lipinski definition) is 6. The zero-order valence-corrected chi connectivity index (χ0v) is 18.9. The van der Waals surface area contributed by atoms with Gasteiger partial charge in [0.2, 0.25) is 5.91 Å². The number of rotatable bonds is 6. The molecule has 34 heavy (non-hydrogen) atoms. The molecule has 3 aromatic rings. The summed E-state index contributed by atoms with van der Waals surface area (Å²) in [5, 5.41) is 3.10. The Morgan fingerprint density at radius 2 is 1.79 bits per heavy atom. The van der Waals surface area contributed by atoms with Gasteiger partial charge in [0, 0.05) is 25.3 Å². The number of fused-ring (bicyclic) bond motifs is 1. The molecule has 0 atom stereocenters. The minimum Gasteiger partial charge on any atom is -0.348 e. The maximum Gasteiger partial charge on any atom is 0.416 e. The lowest BCUT2D eigenvalue weighted by atomic mass is 10.1. The first-order valence-corrected chi connectivity index (χ1v) is 11.5. The molecule has 0 saturated carbocycles. The normalized spacial score (nSPS) is 14.4. The van der Waals surface area contributed by atoms with Crippen LogP contribution in [0.25, 0.3) is 10.3 Å². The number of aromatic nitrogens is 3. The van der Waals surface area contributed by atoms with E-state index in [-0.39, 0.29) is 22.6 Å². The average Bonchev–Trinajstić information content (AvgIpc) is 3.25. The number of anilines is 2. The molecule has 12 heteroatoms. The van der Waals surface area contributed by atoms with Crippen molar-refractivity contribution >= 4 is 38.4 Å². The Kier molecular flexibility index (Phi) is 6.60. The zero-order valence-electron chi connectivity index (χ0n) is 18.1. The molecule has 1 aliphatic heterocycles. The molecule has 1 aromatic carbocycles. The number of carbonyl (C=O) groups is 1. The van der Waals surface area contributed by atoms with E-state index in [0.29, 0.717) is 5.13 Å². The Morgan fingerprint density at radius 3 is 2.41 bits per heavy atom. The van der Waals surface area contributed by atoms with Crippen LogP contribution in [0.5, 0.6) is 0 Å². The number of piperidine rings is 1. The molecular formula is C22H22F3N5O3S. The summed E-state index contributed by atoms with van der Waals surface area (Å²) in [4.78, 5) is 45.3. The quantitative estimate of drug-likeness (QED) is 0.532. The van der Waals surface area contributed by atoms with Gasteiger partial charge in [-0.2, -0.15) is 13.2 Å². The zero-order chi connectivity index (χ0) is 24.5. The highest BCUT2D eigenvalue weighted by molar-refractivity contribution is 7.22. The van der Waals surface area contributed by atoms with Crippen LogP contribution in [0.4, 0.5) is 24.0 Å². The third-order valence-electron chi connectivity index (χ3n) is 5.49. The van der Waals surface area contributed by atoms with E-state index in [2.05, 4.69) is 21.8 Å². The van der Waals surface area contributed by atoms with E-state index in [0.717, 1.165) is 65.8 Å². The van der Waals surface area contributed by atoms with E-state index in [1.54, 1.807) is 0 Å². The van der Waals surface area contributed by atoms with Gasteiger partial charge in [-0.1, -0.05) is 17.4 Å². The van der Waals surface area contributed by atoms with Crippen LogP contribution in [0, 0.1) is 0 Å². The van der Waals surface area contributed by atoms with Crippen molar-refractivity contribution in [3.05, 3.63) is 63.3 Å². The van der Waals surface area contributed by atoms with Crippen LogP contribution in [0.1, 0.15) is 24.8 Å². The van der Waals surface area contributed by atoms with Gasteiger partial charge in [-0.05, 0) is 43.5 Å². The summed E-state index contributed by atoms with van der Waals surface area (Å²) in [6, 6.07) is 3.98. The minimum atomic E-state index is -4.49. The van der Waals surface area contributed by atoms with E-state index in [4.69, 9.17) is 0 Å². The predicted molar refractivity (Wildman–Crippen MR) is 124 cm³/mol. The molecule has 2 aromatic heterocycles. The molecule has 1 fully saturated rings. The number of hydrogen-bond donors (Lipinski definition) is 1. The Hall–Kier alpha value is -3.41. The van der Waals surface area contributed by atoms with Crippen LogP contribution in [0.3, 0.4) is 0 Å². The summed E-state index contributed by atoms with van der Waals surface area (Å²) >= 11 is 1.18. The van der Waals surface area contributed by atoms with E-state index in [1.807, 2.05) is 0 Å². The summed E-state index contributed by atoms with van der Waals surface area (Å²) < 4.78 is 40.6. The highest BCUT2D eigenvalue weighted by Gasteiger charge is 2.30. The number of thiazole rings is 1. The van der Waals surface area contributed by atoms with Crippen LogP contribution in [0.15, 0.2) is 46.5 Å². The van der Waals surface area contributed by atoms with Crippen LogP contribution < -0.4 is 21.5 Å². The van der Waals surface area contributed by atoms with Gasteiger partial charge in [-0.15, -0.1) is 6.58 Å². The van der Waals surface area contributed by atoms with Gasteiger partial charge in [0.1, 0.15) is 11.2 Å². The Morgan fingerprint density at radius 1 is 1.12 bits per heavy atom. The average molecular weight is 494 g/mol. The Bertz CT molecular complexity index is 1340. The van der Waals surface area contributed by atoms with Crippen molar-refractivity contribution in [1.29, 1.82) is 0 Å². The van der Waals surface area contributed by atoms with Crippen molar-refractivity contribution in [2.75, 3.05) is 23.3 Å². The fraction of sp³-hybridized carbons (Fsp3) is 0.364. The second kappa shape index (κ2) is 9.45. The number of benzene rings is 1. The molecule has 1 saturated heterocycles. The molecule has 1 N–H and O–H groups in total. The first-order valence-electron chi connectivity index (χ1n) is 10.7. The summed E-state index contributed by atoms with van der Waals surface area (Å²) in [5.74, 6) is -0.639. The fourth-order valence-electron chi connectivity index (χ4n) is 3.81. The minimum absolute atomic E-state index is 0.0366. The van der Waals surface area contributed by atoms with Gasteiger partial charge in [0.05, 0.1) is 5.56 Å². The highest BCUT2D eigenvalue weighted by Crippen LogP contribution is 2.30. The van der Waals surface area contributed by atoms with Gasteiger partial charge in [0.25, 0.3) is 5.56 Å². The predicted octanol–water partition coefficient (Wildman–Crippen LogP) is 3.45. The molecule has 0 aliphatic carbocycles. The summed E-state index contributed by atoms with van der Waals surface area (Å²) in [5.41, 5.74) is -1.79. The lowest BCUT2D eigenvalue weighted by molar-refractivity contribution is -0.137. The van der Waals surface area contributed by atoms with Crippen molar-refractivity contribution in [2.24, 2.45) is 0 Å². The lowest BCUT2D eigenvalue weighted by Gasteiger charge is -2.25. The van der Waals surface area contributed by atoms with Gasteiger partial charge < -0.3 is 10.2 Å². The van der Waals surface area contributed by atoms with E-state index >= 15 is 0 Å². The smallest absolute Gasteiger partial charge is 0.348 e. The molecule has 8 nitrogen and oxygen atoms in total. The number of halogens is 3. The van der Waals surface area contributed by atoms with Crippen molar-refractivity contribution in [3.63, 3.8) is 0 Å². The standard InChI is InChI=1S/C22H22F3N5O3S/c1-2-10-29-19(32)17-18(27-20(34-17)28-11-4-3-5-12-28)30(21(29)33)13-16(31)26-15-8-6-14(7-9-15)22(23,24)25/h2,6-9H,1,3-5,10-13H2,(H,26,31). The molecule has 0 unspecified atom stereocenters. The van der Waals surface area contributed by atoms with Crippen molar-refractivity contribution in [1.82, 2.24) is 14.1 Å². The maximum absolute atomic E-state index is 13.0. The van der Waals surface area contributed by atoms with Gasteiger partial charge in [-0.3, -0.25) is 18.7 Å². The van der Waals surface area contributed by atoms with E-state index in [1.165, 1.54) is 17.4 Å². The van der Waals surface area contributed by atoms with Gasteiger partial charge >= 0.3 is 11.9 Å². The summed E-state index contributed by atoms with van der Waals surface area (Å²) in [6.07, 6.45) is 0.0328. The lowest BCUT2D eigenvalue weighted by Crippen LogP contribution is -2.41. The van der Waals surface area contributed by atoms with Gasteiger partial charge in [-0.25, -0.2) is 9.78 Å². The molecule has 0 bridgehead atoms. The second-order valence-corrected chi connectivity index (χ2v) is 8.87. The van der Waals surface area contributed by atoms with Gasteiger partial charge in [0.15, 0.2) is 10.8 Å². The molecule has 0 spiro atoms. The van der Waals surface area contributed by atoms with E-state index in [9.17, 15) is 27.6 Å². The maximum atomic E-state index is 13.0. The molecule has 180 valence electrons.